The molecule has 0 bridgehead atoms. The van der Waals surface area contributed by atoms with E-state index in [-0.39, 0.29) is 11.8 Å². The summed E-state index contributed by atoms with van der Waals surface area (Å²) in [6.07, 6.45) is 3.45. The standard InChI is InChI=1S/C20H33N3O2/c1-5-6-9-12-21(4)18(24)10-7-8-11-19(25)23-15-20(16-23)13-22(14-20)17(2)3/h17H,5,7-8,10-16H2,1-4H3. The molecule has 0 atom stereocenters. The highest BCUT2D eigenvalue weighted by molar-refractivity contribution is 5.78. The van der Waals surface area contributed by atoms with E-state index >= 15 is 0 Å². The Kier molecular flexibility index (Phi) is 6.89. The van der Waals surface area contributed by atoms with Gasteiger partial charge in [-0.25, -0.2) is 0 Å². The van der Waals surface area contributed by atoms with Gasteiger partial charge in [-0.2, -0.15) is 0 Å². The largest absolute Gasteiger partial charge is 0.341 e. The predicted octanol–water partition coefficient (Wildman–Crippen LogP) is 1.97. The lowest BCUT2D eigenvalue weighted by atomic mass is 9.72. The van der Waals surface area contributed by atoms with Crippen molar-refractivity contribution >= 4 is 11.8 Å². The molecule has 2 saturated heterocycles. The van der Waals surface area contributed by atoms with Gasteiger partial charge in [0.25, 0.3) is 0 Å². The van der Waals surface area contributed by atoms with E-state index in [1.54, 1.807) is 11.9 Å². The van der Waals surface area contributed by atoms with Gasteiger partial charge in [0.15, 0.2) is 0 Å². The van der Waals surface area contributed by atoms with Crippen molar-refractivity contribution in [1.82, 2.24) is 14.7 Å². The number of rotatable bonds is 7. The van der Waals surface area contributed by atoms with Crippen LogP contribution in [0.1, 0.15) is 52.9 Å². The second-order valence-electron chi connectivity index (χ2n) is 7.91. The molecule has 1 spiro atoms. The molecule has 0 radical (unpaired) electrons. The van der Waals surface area contributed by atoms with Crippen molar-refractivity contribution in [2.45, 2.75) is 58.9 Å². The summed E-state index contributed by atoms with van der Waals surface area (Å²) in [7, 11) is 1.79. The van der Waals surface area contributed by atoms with E-state index in [0.29, 0.717) is 30.8 Å². The molecule has 2 fully saturated rings. The Morgan fingerprint density at radius 3 is 2.32 bits per heavy atom. The van der Waals surface area contributed by atoms with Crippen LogP contribution in [0.5, 0.6) is 0 Å². The Morgan fingerprint density at radius 1 is 1.08 bits per heavy atom. The van der Waals surface area contributed by atoms with E-state index in [1.807, 2.05) is 11.8 Å². The number of nitrogens with zero attached hydrogens (tertiary/aromatic N) is 3. The summed E-state index contributed by atoms with van der Waals surface area (Å²) in [5, 5.41) is 0. The third kappa shape index (κ3) is 5.22. The van der Waals surface area contributed by atoms with E-state index in [4.69, 9.17) is 0 Å². The van der Waals surface area contributed by atoms with E-state index in [1.165, 1.54) is 0 Å². The van der Waals surface area contributed by atoms with Crippen LogP contribution in [0.15, 0.2) is 0 Å². The Hall–Kier alpha value is -1.54. The van der Waals surface area contributed by atoms with Crippen LogP contribution in [0.2, 0.25) is 0 Å². The van der Waals surface area contributed by atoms with Crippen LogP contribution in [-0.4, -0.2) is 72.3 Å². The first-order valence-corrected chi connectivity index (χ1v) is 9.58. The van der Waals surface area contributed by atoms with Gasteiger partial charge >= 0.3 is 0 Å². The normalized spacial score (nSPS) is 18.4. The highest BCUT2D eigenvalue weighted by Gasteiger charge is 2.53. The van der Waals surface area contributed by atoms with Crippen molar-refractivity contribution in [3.63, 3.8) is 0 Å². The maximum Gasteiger partial charge on any atom is 0.223 e. The molecule has 0 aliphatic carbocycles. The second kappa shape index (κ2) is 8.71. The molecule has 0 aromatic heterocycles. The summed E-state index contributed by atoms with van der Waals surface area (Å²) in [5.41, 5.74) is 0.387. The van der Waals surface area contributed by atoms with Gasteiger partial charge in [0, 0.05) is 63.9 Å². The fourth-order valence-corrected chi connectivity index (χ4v) is 3.61. The van der Waals surface area contributed by atoms with Crippen molar-refractivity contribution in [2.24, 2.45) is 5.41 Å². The first-order valence-electron chi connectivity index (χ1n) is 9.58. The SMILES string of the molecule is CCC#CCN(C)C(=O)CCCCC(=O)N1CC2(C1)CN(C(C)C)C2. The monoisotopic (exact) mass is 347 g/mol. The molecule has 2 aliphatic heterocycles. The average Bonchev–Trinajstić information content (AvgIpc) is 2.48. The second-order valence-corrected chi connectivity index (χ2v) is 7.91. The Labute approximate surface area is 152 Å². The van der Waals surface area contributed by atoms with Crippen molar-refractivity contribution in [1.29, 1.82) is 0 Å². The van der Waals surface area contributed by atoms with E-state index in [2.05, 4.69) is 30.6 Å². The van der Waals surface area contributed by atoms with Crippen molar-refractivity contribution < 1.29 is 9.59 Å². The van der Waals surface area contributed by atoms with Crippen LogP contribution in [0.25, 0.3) is 0 Å². The number of carbonyl (C=O) groups is 2. The summed E-state index contributed by atoms with van der Waals surface area (Å²) in [6.45, 7) is 11.1. The van der Waals surface area contributed by atoms with E-state index < -0.39 is 0 Å². The Morgan fingerprint density at radius 2 is 1.72 bits per heavy atom. The molecule has 2 aliphatic rings. The van der Waals surface area contributed by atoms with Gasteiger partial charge in [0.1, 0.15) is 0 Å². The van der Waals surface area contributed by atoms with Gasteiger partial charge in [0.2, 0.25) is 11.8 Å². The first kappa shape index (κ1) is 19.8. The fourth-order valence-electron chi connectivity index (χ4n) is 3.61. The molecule has 25 heavy (non-hydrogen) atoms. The molecule has 0 unspecified atom stereocenters. The van der Waals surface area contributed by atoms with E-state index in [0.717, 1.165) is 45.4 Å². The Bertz CT molecular complexity index is 533. The zero-order valence-electron chi connectivity index (χ0n) is 16.3. The van der Waals surface area contributed by atoms with Gasteiger partial charge in [-0.3, -0.25) is 14.5 Å². The lowest BCUT2D eigenvalue weighted by Crippen LogP contribution is -2.73. The molecule has 0 aromatic rings. The maximum atomic E-state index is 12.2. The third-order valence-corrected chi connectivity index (χ3v) is 5.29. The number of amides is 2. The molecule has 2 amide bonds. The summed E-state index contributed by atoms with van der Waals surface area (Å²) < 4.78 is 0. The minimum Gasteiger partial charge on any atom is -0.341 e. The van der Waals surface area contributed by atoms with Crippen LogP contribution < -0.4 is 0 Å². The zero-order valence-corrected chi connectivity index (χ0v) is 16.3. The molecule has 2 heterocycles. The van der Waals surface area contributed by atoms with Gasteiger partial charge in [-0.15, -0.1) is 5.92 Å². The highest BCUT2D eigenvalue weighted by Crippen LogP contribution is 2.40. The topological polar surface area (TPSA) is 43.9 Å². The van der Waals surface area contributed by atoms with Gasteiger partial charge in [-0.05, 0) is 26.7 Å². The number of hydrogen-bond acceptors (Lipinski definition) is 3. The number of hydrogen-bond donors (Lipinski definition) is 0. The van der Waals surface area contributed by atoms with Crippen LogP contribution >= 0.6 is 0 Å². The lowest BCUT2D eigenvalue weighted by molar-refractivity contribution is -0.162. The number of likely N-dealkylation sites (tertiary alicyclic amines) is 2. The molecule has 0 aromatic carbocycles. The summed E-state index contributed by atoms with van der Waals surface area (Å²) in [6, 6.07) is 0.610. The van der Waals surface area contributed by atoms with E-state index in [9.17, 15) is 9.59 Å². The minimum absolute atomic E-state index is 0.115. The minimum atomic E-state index is 0.115. The maximum absolute atomic E-state index is 12.2. The van der Waals surface area contributed by atoms with Crippen LogP contribution in [-0.2, 0) is 9.59 Å². The van der Waals surface area contributed by atoms with Gasteiger partial charge in [-0.1, -0.05) is 12.8 Å². The van der Waals surface area contributed by atoms with Gasteiger partial charge < -0.3 is 9.80 Å². The molecular weight excluding hydrogens is 314 g/mol. The number of unbranched alkanes of at least 4 members (excludes halogenated alkanes) is 1. The van der Waals surface area contributed by atoms with Gasteiger partial charge in [0.05, 0.1) is 6.54 Å². The molecule has 5 heteroatoms. The molecule has 140 valence electrons. The van der Waals surface area contributed by atoms with Crippen LogP contribution in [0.3, 0.4) is 0 Å². The smallest absolute Gasteiger partial charge is 0.223 e. The highest BCUT2D eigenvalue weighted by atomic mass is 16.2. The molecule has 5 nitrogen and oxygen atoms in total. The summed E-state index contributed by atoms with van der Waals surface area (Å²) in [4.78, 5) is 30.3. The van der Waals surface area contributed by atoms with Crippen LogP contribution in [0, 0.1) is 17.3 Å². The lowest BCUT2D eigenvalue weighted by Gasteiger charge is -2.61. The first-order chi connectivity index (χ1) is 11.9. The summed E-state index contributed by atoms with van der Waals surface area (Å²) >= 11 is 0. The van der Waals surface area contributed by atoms with Crippen molar-refractivity contribution in [3.05, 3.63) is 0 Å². The molecular formula is C20H33N3O2. The quantitative estimate of drug-likeness (QED) is 0.522. The third-order valence-electron chi connectivity index (χ3n) is 5.29. The molecule has 2 rings (SSSR count). The zero-order chi connectivity index (χ0) is 18.4. The molecule has 0 saturated carbocycles. The average molecular weight is 348 g/mol. The number of carbonyl (C=O) groups excluding carboxylic acids is 2. The predicted molar refractivity (Wildman–Crippen MR) is 99.9 cm³/mol. The molecule has 0 N–H and O–H groups in total. The Balaban J connectivity index is 1.54. The van der Waals surface area contributed by atoms with Crippen molar-refractivity contribution in [3.8, 4) is 11.8 Å². The fraction of sp³-hybridized carbons (Fsp3) is 0.800. The van der Waals surface area contributed by atoms with Crippen LogP contribution in [0.4, 0.5) is 0 Å². The van der Waals surface area contributed by atoms with Crippen molar-refractivity contribution in [2.75, 3.05) is 39.8 Å². The summed E-state index contributed by atoms with van der Waals surface area (Å²) in [5.74, 6) is 6.31.